The number of nitrogens with one attached hydrogen (secondary N) is 2. The number of carbonyl (C=O) groups is 3. The van der Waals surface area contributed by atoms with Crippen molar-refractivity contribution in [1.82, 2.24) is 5.43 Å². The molecule has 35 heavy (non-hydrogen) atoms. The van der Waals surface area contributed by atoms with E-state index in [1.807, 2.05) is 10.7 Å². The fraction of sp³-hybridized carbons (Fsp3) is 0.0435. The van der Waals surface area contributed by atoms with Crippen molar-refractivity contribution in [2.75, 3.05) is 5.32 Å². The molecule has 2 N–H and O–H groups in total. The van der Waals surface area contributed by atoms with E-state index in [4.69, 9.17) is 16.3 Å². The molecule has 0 heterocycles. The van der Waals surface area contributed by atoms with E-state index >= 15 is 0 Å². The summed E-state index contributed by atoms with van der Waals surface area (Å²) in [4.78, 5) is 36.1. The summed E-state index contributed by atoms with van der Waals surface area (Å²) in [6.07, 6.45) is -3.44. The normalized spacial score (nSPS) is 11.2. The molecule has 0 aliphatic carbocycles. The Morgan fingerprint density at radius 1 is 0.971 bits per heavy atom. The predicted molar refractivity (Wildman–Crippen MR) is 126 cm³/mol. The molecule has 0 aliphatic rings. The van der Waals surface area contributed by atoms with E-state index in [1.165, 1.54) is 18.3 Å². The van der Waals surface area contributed by atoms with Crippen LogP contribution in [0.3, 0.4) is 0 Å². The molecule has 0 aromatic heterocycles. The van der Waals surface area contributed by atoms with E-state index in [9.17, 15) is 27.6 Å². The van der Waals surface area contributed by atoms with Crippen LogP contribution < -0.4 is 15.5 Å². The molecule has 0 radical (unpaired) electrons. The molecule has 0 spiro atoms. The van der Waals surface area contributed by atoms with E-state index in [2.05, 4.69) is 21.0 Å². The molecule has 7 nitrogen and oxygen atoms in total. The SMILES string of the molecule is O=C(N/N=C/c1ccc(OC(=O)c2ccccc2Br)cc1)C(=O)Nc1cc(C(F)(F)F)ccc1Cl. The second-order valence-electron chi connectivity index (χ2n) is 6.78. The van der Waals surface area contributed by atoms with Gasteiger partial charge in [-0.2, -0.15) is 18.3 Å². The van der Waals surface area contributed by atoms with Crippen LogP contribution in [-0.2, 0) is 15.8 Å². The Labute approximate surface area is 210 Å². The molecule has 180 valence electrons. The Hall–Kier alpha value is -3.70. The Balaban J connectivity index is 1.55. The number of anilines is 1. The van der Waals surface area contributed by atoms with Crippen molar-refractivity contribution in [1.29, 1.82) is 0 Å². The van der Waals surface area contributed by atoms with Gasteiger partial charge in [-0.3, -0.25) is 9.59 Å². The first-order valence-corrected chi connectivity index (χ1v) is 10.8. The van der Waals surface area contributed by atoms with Crippen molar-refractivity contribution in [3.8, 4) is 5.75 Å². The molecule has 0 unspecified atom stereocenters. The number of carbonyl (C=O) groups excluding carboxylic acids is 3. The highest BCUT2D eigenvalue weighted by Crippen LogP contribution is 2.33. The second kappa shape index (κ2) is 11.2. The topological polar surface area (TPSA) is 96.9 Å². The number of benzene rings is 3. The minimum atomic E-state index is -4.65. The standard InChI is InChI=1S/C23H14BrClF3N3O4/c24-17-4-2-1-3-16(17)22(34)35-15-8-5-13(6-9-15)12-29-31-21(33)20(32)30-19-11-14(23(26,27)28)7-10-18(19)25/h1-12H,(H,30,32)(H,31,33)/b29-12+. The minimum Gasteiger partial charge on any atom is -0.423 e. The third-order valence-electron chi connectivity index (χ3n) is 4.31. The summed E-state index contributed by atoms with van der Waals surface area (Å²) in [5.41, 5.74) is 1.38. The molecule has 0 fully saturated rings. The van der Waals surface area contributed by atoms with E-state index < -0.39 is 29.5 Å². The van der Waals surface area contributed by atoms with Crippen molar-refractivity contribution in [3.63, 3.8) is 0 Å². The largest absolute Gasteiger partial charge is 0.423 e. The van der Waals surface area contributed by atoms with Gasteiger partial charge in [0.25, 0.3) is 0 Å². The van der Waals surface area contributed by atoms with Crippen LogP contribution in [0.2, 0.25) is 5.02 Å². The van der Waals surface area contributed by atoms with E-state index in [-0.39, 0.29) is 16.5 Å². The van der Waals surface area contributed by atoms with E-state index in [0.717, 1.165) is 12.1 Å². The van der Waals surface area contributed by atoms with E-state index in [1.54, 1.807) is 36.4 Å². The maximum Gasteiger partial charge on any atom is 0.416 e. The average molecular weight is 569 g/mol. The van der Waals surface area contributed by atoms with Gasteiger partial charge in [-0.1, -0.05) is 23.7 Å². The lowest BCUT2D eigenvalue weighted by Gasteiger charge is -2.11. The first kappa shape index (κ1) is 25.9. The van der Waals surface area contributed by atoms with Crippen molar-refractivity contribution < 1.29 is 32.3 Å². The highest BCUT2D eigenvalue weighted by molar-refractivity contribution is 9.10. The highest BCUT2D eigenvalue weighted by Gasteiger charge is 2.31. The van der Waals surface area contributed by atoms with Gasteiger partial charge in [0.05, 0.1) is 28.1 Å². The zero-order valence-electron chi connectivity index (χ0n) is 17.4. The third kappa shape index (κ3) is 7.14. The summed E-state index contributed by atoms with van der Waals surface area (Å²) in [6.45, 7) is 0. The van der Waals surface area contributed by atoms with Crippen LogP contribution in [-0.4, -0.2) is 24.0 Å². The van der Waals surface area contributed by atoms with Gasteiger partial charge in [0.15, 0.2) is 0 Å². The third-order valence-corrected chi connectivity index (χ3v) is 5.33. The molecule has 0 atom stereocenters. The number of amides is 2. The first-order chi connectivity index (χ1) is 16.5. The number of halogens is 5. The molecular formula is C23H14BrClF3N3O4. The molecule has 2 amide bonds. The number of hydrogen-bond donors (Lipinski definition) is 2. The number of alkyl halides is 3. The highest BCUT2D eigenvalue weighted by atomic mass is 79.9. The molecule has 0 bridgehead atoms. The Morgan fingerprint density at radius 2 is 1.66 bits per heavy atom. The number of nitrogens with zero attached hydrogens (tertiary/aromatic N) is 1. The molecule has 0 saturated heterocycles. The van der Waals surface area contributed by atoms with Gasteiger partial charge < -0.3 is 10.1 Å². The minimum absolute atomic E-state index is 0.178. The fourth-order valence-electron chi connectivity index (χ4n) is 2.60. The molecule has 12 heteroatoms. The van der Waals surface area contributed by atoms with Gasteiger partial charge in [-0.05, 0) is 76.1 Å². The Morgan fingerprint density at radius 3 is 2.31 bits per heavy atom. The van der Waals surface area contributed by atoms with Crippen LogP contribution in [0.1, 0.15) is 21.5 Å². The quantitative estimate of drug-likeness (QED) is 0.141. The molecule has 0 aliphatic heterocycles. The number of rotatable bonds is 5. The summed E-state index contributed by atoms with van der Waals surface area (Å²) in [7, 11) is 0. The Kier molecular flexibility index (Phi) is 8.26. The van der Waals surface area contributed by atoms with Crippen LogP contribution in [0.25, 0.3) is 0 Å². The smallest absolute Gasteiger partial charge is 0.416 e. The number of hydrogen-bond acceptors (Lipinski definition) is 5. The number of esters is 1. The van der Waals surface area contributed by atoms with Gasteiger partial charge >= 0.3 is 24.0 Å². The zero-order chi connectivity index (χ0) is 25.6. The van der Waals surface area contributed by atoms with Crippen molar-refractivity contribution in [2.45, 2.75) is 6.18 Å². The van der Waals surface area contributed by atoms with Crippen LogP contribution >= 0.6 is 27.5 Å². The van der Waals surface area contributed by atoms with Crippen LogP contribution in [0.5, 0.6) is 5.75 Å². The predicted octanol–water partition coefficient (Wildman–Crippen LogP) is 5.43. The first-order valence-electron chi connectivity index (χ1n) is 9.62. The summed E-state index contributed by atoms with van der Waals surface area (Å²) in [5, 5.41) is 5.45. The maximum atomic E-state index is 12.8. The van der Waals surface area contributed by atoms with Crippen LogP contribution in [0.4, 0.5) is 18.9 Å². The van der Waals surface area contributed by atoms with Gasteiger partial charge in [0.1, 0.15) is 5.75 Å². The second-order valence-corrected chi connectivity index (χ2v) is 8.05. The lowest BCUT2D eigenvalue weighted by molar-refractivity contribution is -0.137. The lowest BCUT2D eigenvalue weighted by Crippen LogP contribution is -2.32. The van der Waals surface area contributed by atoms with E-state index in [0.29, 0.717) is 21.7 Å². The number of ether oxygens (including phenoxy) is 1. The van der Waals surface area contributed by atoms with Crippen molar-refractivity contribution in [3.05, 3.63) is 92.9 Å². The summed E-state index contributed by atoms with van der Waals surface area (Å²) < 4.78 is 44.3. The van der Waals surface area contributed by atoms with Gasteiger partial charge in [0, 0.05) is 4.47 Å². The maximum absolute atomic E-state index is 12.8. The molecule has 3 aromatic rings. The van der Waals surface area contributed by atoms with Crippen LogP contribution in [0.15, 0.2) is 76.3 Å². The van der Waals surface area contributed by atoms with Gasteiger partial charge in [-0.25, -0.2) is 10.2 Å². The zero-order valence-corrected chi connectivity index (χ0v) is 19.7. The average Bonchev–Trinajstić information content (AvgIpc) is 2.81. The fourth-order valence-corrected chi connectivity index (χ4v) is 3.21. The van der Waals surface area contributed by atoms with Crippen LogP contribution in [0, 0.1) is 0 Å². The summed E-state index contributed by atoms with van der Waals surface area (Å²) >= 11 is 9.06. The monoisotopic (exact) mass is 567 g/mol. The van der Waals surface area contributed by atoms with Gasteiger partial charge in [-0.15, -0.1) is 0 Å². The Bertz CT molecular complexity index is 1300. The van der Waals surface area contributed by atoms with Gasteiger partial charge in [0.2, 0.25) is 0 Å². The summed E-state index contributed by atoms with van der Waals surface area (Å²) in [6, 6.07) is 15.2. The van der Waals surface area contributed by atoms with Crippen molar-refractivity contribution in [2.24, 2.45) is 5.10 Å². The number of hydrazone groups is 1. The molecule has 3 aromatic carbocycles. The summed E-state index contributed by atoms with van der Waals surface area (Å²) in [5.74, 6) is -2.78. The lowest BCUT2D eigenvalue weighted by atomic mass is 10.2. The molecular weight excluding hydrogens is 555 g/mol. The molecule has 3 rings (SSSR count). The van der Waals surface area contributed by atoms with Crippen molar-refractivity contribution >= 4 is 57.2 Å². The molecule has 0 saturated carbocycles.